The maximum absolute atomic E-state index is 10.8. The number of carbonyl (C=O) groups is 1. The highest BCUT2D eigenvalue weighted by Crippen LogP contribution is 2.30. The van der Waals surface area contributed by atoms with Crippen LogP contribution < -0.4 is 0 Å². The average molecular weight is 268 g/mol. The van der Waals surface area contributed by atoms with E-state index in [1.165, 1.54) is 11.8 Å². The number of rotatable bonds is 3. The summed E-state index contributed by atoms with van der Waals surface area (Å²) in [5.41, 5.74) is 0.778. The molecule has 5 heteroatoms. The second-order valence-electron chi connectivity index (χ2n) is 3.57. The molecule has 88 valence electrons. The zero-order chi connectivity index (χ0) is 12.4. The number of carboxylic acid groups (broad SMARTS) is 1. The average Bonchev–Trinajstić information content (AvgIpc) is 2.28. The summed E-state index contributed by atoms with van der Waals surface area (Å²) in [4.78, 5) is 16.0. The van der Waals surface area contributed by atoms with Gasteiger partial charge in [-0.3, -0.25) is 9.78 Å². The van der Waals surface area contributed by atoms with Crippen molar-refractivity contribution < 1.29 is 9.90 Å². The molecule has 17 heavy (non-hydrogen) atoms. The predicted molar refractivity (Wildman–Crippen MR) is 69.7 cm³/mol. The van der Waals surface area contributed by atoms with Gasteiger partial charge >= 0.3 is 5.97 Å². The van der Waals surface area contributed by atoms with E-state index in [9.17, 15) is 4.79 Å². The molecular weight excluding hydrogens is 258 g/mol. The first kappa shape index (κ1) is 12.2. The summed E-state index contributed by atoms with van der Waals surface area (Å²) in [5.74, 6) is -0.825. The smallest absolute Gasteiger partial charge is 0.316 e. The molecule has 0 aliphatic heterocycles. The van der Waals surface area contributed by atoms with Gasteiger partial charge in [0.2, 0.25) is 0 Å². The number of carboxylic acids is 1. The van der Waals surface area contributed by atoms with Crippen LogP contribution >= 0.6 is 23.4 Å². The largest absolute Gasteiger partial charge is 0.480 e. The molecule has 1 aromatic carbocycles. The number of fused-ring (bicyclic) bond motifs is 1. The Labute approximate surface area is 108 Å². The molecule has 0 saturated carbocycles. The van der Waals surface area contributed by atoms with Gasteiger partial charge in [-0.25, -0.2) is 0 Å². The molecule has 0 radical (unpaired) electrons. The van der Waals surface area contributed by atoms with Gasteiger partial charge in [0, 0.05) is 21.5 Å². The van der Waals surface area contributed by atoms with E-state index in [1.54, 1.807) is 25.3 Å². The molecular formula is C12H10ClNO2S. The molecule has 0 aliphatic rings. The molecule has 0 saturated heterocycles. The third kappa shape index (κ3) is 2.70. The standard InChI is InChI=1S/C12H10ClNO2S/c1-7(12(15)16)17-11-4-5-14-10-6-8(13)2-3-9(10)11/h2-7H,1H3,(H,15,16)/t7-/m0/s1. The summed E-state index contributed by atoms with van der Waals surface area (Å²) < 4.78 is 0. The fourth-order valence-electron chi connectivity index (χ4n) is 1.44. The fraction of sp³-hybridized carbons (Fsp3) is 0.167. The molecule has 0 bridgehead atoms. The Morgan fingerprint density at radius 2 is 2.24 bits per heavy atom. The highest BCUT2D eigenvalue weighted by atomic mass is 35.5. The maximum atomic E-state index is 10.8. The van der Waals surface area contributed by atoms with Crippen LogP contribution in [-0.4, -0.2) is 21.3 Å². The van der Waals surface area contributed by atoms with Gasteiger partial charge in [0.25, 0.3) is 0 Å². The van der Waals surface area contributed by atoms with Gasteiger partial charge in [0.1, 0.15) is 5.25 Å². The Kier molecular flexibility index (Phi) is 3.54. The minimum absolute atomic E-state index is 0.490. The SMILES string of the molecule is C[C@H](Sc1ccnc2cc(Cl)ccc12)C(=O)O. The van der Waals surface area contributed by atoms with Crippen LogP contribution in [0.2, 0.25) is 5.02 Å². The number of thioether (sulfide) groups is 1. The van der Waals surface area contributed by atoms with Crippen molar-refractivity contribution in [3.63, 3.8) is 0 Å². The van der Waals surface area contributed by atoms with Crippen LogP contribution in [0.1, 0.15) is 6.92 Å². The number of hydrogen-bond donors (Lipinski definition) is 1. The quantitative estimate of drug-likeness (QED) is 0.866. The third-order valence-corrected chi connectivity index (χ3v) is 3.72. The zero-order valence-corrected chi connectivity index (χ0v) is 10.6. The van der Waals surface area contributed by atoms with E-state index in [0.717, 1.165) is 15.8 Å². The maximum Gasteiger partial charge on any atom is 0.316 e. The van der Waals surface area contributed by atoms with Gasteiger partial charge in [-0.15, -0.1) is 11.8 Å². The normalized spacial score (nSPS) is 12.6. The van der Waals surface area contributed by atoms with E-state index in [1.807, 2.05) is 12.1 Å². The Morgan fingerprint density at radius 3 is 2.94 bits per heavy atom. The van der Waals surface area contributed by atoms with Crippen LogP contribution in [0, 0.1) is 0 Å². The Hall–Kier alpha value is -1.26. The van der Waals surface area contributed by atoms with Crippen molar-refractivity contribution in [2.45, 2.75) is 17.1 Å². The van der Waals surface area contributed by atoms with E-state index in [-0.39, 0.29) is 0 Å². The summed E-state index contributed by atoms with van der Waals surface area (Å²) >= 11 is 7.19. The number of hydrogen-bond acceptors (Lipinski definition) is 3. The minimum atomic E-state index is -0.825. The number of nitrogens with zero attached hydrogens (tertiary/aromatic N) is 1. The van der Waals surface area contributed by atoms with Crippen molar-refractivity contribution in [2.75, 3.05) is 0 Å². The van der Waals surface area contributed by atoms with E-state index < -0.39 is 11.2 Å². The summed E-state index contributed by atoms with van der Waals surface area (Å²) in [6.07, 6.45) is 1.66. The molecule has 1 heterocycles. The molecule has 0 aliphatic carbocycles. The van der Waals surface area contributed by atoms with Crippen LogP contribution in [-0.2, 0) is 4.79 Å². The molecule has 2 aromatic rings. The Balaban J connectivity index is 2.44. The van der Waals surface area contributed by atoms with Crippen LogP contribution in [0.3, 0.4) is 0 Å². The molecule has 0 amide bonds. The third-order valence-electron chi connectivity index (χ3n) is 2.32. The van der Waals surface area contributed by atoms with E-state index in [2.05, 4.69) is 4.98 Å². The number of benzene rings is 1. The summed E-state index contributed by atoms with van der Waals surface area (Å²) in [7, 11) is 0. The molecule has 1 N–H and O–H groups in total. The Morgan fingerprint density at radius 1 is 1.47 bits per heavy atom. The molecule has 3 nitrogen and oxygen atoms in total. The minimum Gasteiger partial charge on any atom is -0.480 e. The van der Waals surface area contributed by atoms with Crippen molar-refractivity contribution in [1.82, 2.24) is 4.98 Å². The van der Waals surface area contributed by atoms with Crippen LogP contribution in [0.25, 0.3) is 10.9 Å². The van der Waals surface area contributed by atoms with Gasteiger partial charge in [-0.1, -0.05) is 17.7 Å². The number of halogens is 1. The highest BCUT2D eigenvalue weighted by molar-refractivity contribution is 8.00. The molecule has 0 spiro atoms. The lowest BCUT2D eigenvalue weighted by Crippen LogP contribution is -2.11. The second kappa shape index (κ2) is 4.94. The van der Waals surface area contributed by atoms with Gasteiger partial charge in [-0.05, 0) is 25.1 Å². The lowest BCUT2D eigenvalue weighted by Gasteiger charge is -2.08. The van der Waals surface area contributed by atoms with E-state index >= 15 is 0 Å². The number of pyridine rings is 1. The first-order chi connectivity index (χ1) is 8.08. The van der Waals surface area contributed by atoms with Gasteiger partial charge in [0.15, 0.2) is 0 Å². The summed E-state index contributed by atoms with van der Waals surface area (Å²) in [5, 5.41) is 9.96. The molecule has 0 fully saturated rings. The summed E-state index contributed by atoms with van der Waals surface area (Å²) in [6.45, 7) is 1.66. The first-order valence-corrected chi connectivity index (χ1v) is 6.27. The lowest BCUT2D eigenvalue weighted by molar-refractivity contribution is -0.136. The first-order valence-electron chi connectivity index (χ1n) is 5.01. The number of aliphatic carboxylic acids is 1. The van der Waals surface area contributed by atoms with Crippen molar-refractivity contribution in [1.29, 1.82) is 0 Å². The van der Waals surface area contributed by atoms with E-state index in [4.69, 9.17) is 16.7 Å². The summed E-state index contributed by atoms with van der Waals surface area (Å²) in [6, 6.07) is 7.23. The number of aromatic nitrogens is 1. The van der Waals surface area contributed by atoms with Gasteiger partial charge < -0.3 is 5.11 Å². The van der Waals surface area contributed by atoms with Crippen LogP contribution in [0.5, 0.6) is 0 Å². The predicted octanol–water partition coefficient (Wildman–Crippen LogP) is 3.45. The van der Waals surface area contributed by atoms with Crippen molar-refractivity contribution in [2.24, 2.45) is 0 Å². The van der Waals surface area contributed by atoms with Crippen molar-refractivity contribution in [3.05, 3.63) is 35.5 Å². The monoisotopic (exact) mass is 267 g/mol. The topological polar surface area (TPSA) is 50.2 Å². The van der Waals surface area contributed by atoms with Gasteiger partial charge in [0.05, 0.1) is 5.52 Å². The molecule has 2 rings (SSSR count). The van der Waals surface area contributed by atoms with E-state index in [0.29, 0.717) is 5.02 Å². The van der Waals surface area contributed by atoms with Crippen LogP contribution in [0.15, 0.2) is 35.4 Å². The molecule has 0 unspecified atom stereocenters. The van der Waals surface area contributed by atoms with Crippen LogP contribution in [0.4, 0.5) is 0 Å². The Bertz CT molecular complexity index is 573. The van der Waals surface area contributed by atoms with Crippen molar-refractivity contribution >= 4 is 40.2 Å². The lowest BCUT2D eigenvalue weighted by atomic mass is 10.2. The van der Waals surface area contributed by atoms with Crippen molar-refractivity contribution in [3.8, 4) is 0 Å². The zero-order valence-electron chi connectivity index (χ0n) is 9.05. The molecule has 1 aromatic heterocycles. The molecule has 1 atom stereocenters. The fourth-order valence-corrected chi connectivity index (χ4v) is 2.53. The second-order valence-corrected chi connectivity index (χ2v) is 5.39. The highest BCUT2D eigenvalue weighted by Gasteiger charge is 2.14. The van der Waals surface area contributed by atoms with Gasteiger partial charge in [-0.2, -0.15) is 0 Å².